The average molecular weight is 264 g/mol. The van der Waals surface area contributed by atoms with E-state index in [2.05, 4.69) is 4.98 Å². The Bertz CT molecular complexity index is 450. The maximum Gasteiger partial charge on any atom is 0.456 e. The Kier molecular flexibility index (Phi) is 3.29. The van der Waals surface area contributed by atoms with Crippen LogP contribution in [0.2, 0.25) is 0 Å². The largest absolute Gasteiger partial charge is 0.456 e. The second-order valence-electron chi connectivity index (χ2n) is 3.81. The first-order valence-corrected chi connectivity index (χ1v) is 5.31. The normalized spacial score (nSPS) is 17.0. The standard InChI is InChI=1S/C10H11F3N2O3/c1-6-14-7(8(16)10(11,12)13)9(18-6)15-2-4-17-5-3-15/h2-5H2,1H3. The first-order chi connectivity index (χ1) is 8.39. The maximum absolute atomic E-state index is 12.4. The average Bonchev–Trinajstić information content (AvgIpc) is 2.70. The van der Waals surface area contributed by atoms with Crippen LogP contribution in [-0.2, 0) is 4.74 Å². The number of carbonyl (C=O) groups excluding carboxylic acids is 1. The van der Waals surface area contributed by atoms with Crippen molar-refractivity contribution in [2.45, 2.75) is 13.1 Å². The van der Waals surface area contributed by atoms with Gasteiger partial charge in [0.05, 0.1) is 13.2 Å². The highest BCUT2D eigenvalue weighted by atomic mass is 19.4. The minimum atomic E-state index is -4.95. The number of aryl methyl sites for hydroxylation is 1. The third-order valence-electron chi connectivity index (χ3n) is 2.49. The summed E-state index contributed by atoms with van der Waals surface area (Å²) in [6, 6.07) is 0. The van der Waals surface area contributed by atoms with E-state index in [4.69, 9.17) is 9.15 Å². The van der Waals surface area contributed by atoms with Crippen LogP contribution >= 0.6 is 0 Å². The van der Waals surface area contributed by atoms with E-state index in [1.165, 1.54) is 11.8 Å². The van der Waals surface area contributed by atoms with Crippen LogP contribution in [0.25, 0.3) is 0 Å². The van der Waals surface area contributed by atoms with E-state index < -0.39 is 17.7 Å². The molecule has 0 spiro atoms. The molecule has 0 amide bonds. The number of morpholine rings is 1. The number of Topliss-reactive ketones (excluding diaryl/α,β-unsaturated/α-hetero) is 1. The topological polar surface area (TPSA) is 55.6 Å². The Hall–Kier alpha value is -1.57. The fourth-order valence-electron chi connectivity index (χ4n) is 1.68. The lowest BCUT2D eigenvalue weighted by Gasteiger charge is -2.26. The number of oxazole rings is 1. The van der Waals surface area contributed by atoms with Gasteiger partial charge >= 0.3 is 6.18 Å². The Balaban J connectivity index is 2.33. The number of aromatic nitrogens is 1. The first-order valence-electron chi connectivity index (χ1n) is 5.31. The van der Waals surface area contributed by atoms with Gasteiger partial charge in [-0.1, -0.05) is 0 Å². The minimum absolute atomic E-state index is 0.0316. The van der Waals surface area contributed by atoms with E-state index in [9.17, 15) is 18.0 Å². The lowest BCUT2D eigenvalue weighted by Crippen LogP contribution is -2.37. The van der Waals surface area contributed by atoms with Crippen LogP contribution in [0.3, 0.4) is 0 Å². The predicted molar refractivity (Wildman–Crippen MR) is 54.7 cm³/mol. The van der Waals surface area contributed by atoms with Crippen LogP contribution in [0.4, 0.5) is 19.1 Å². The molecule has 0 radical (unpaired) electrons. The number of halogens is 3. The molecule has 100 valence electrons. The molecule has 0 saturated carbocycles. The number of carbonyl (C=O) groups is 1. The number of hydrogen-bond acceptors (Lipinski definition) is 5. The summed E-state index contributed by atoms with van der Waals surface area (Å²) in [5.74, 6) is -2.08. The Labute approximate surface area is 101 Å². The number of ether oxygens (including phenoxy) is 1. The van der Waals surface area contributed by atoms with Gasteiger partial charge in [0.25, 0.3) is 5.78 Å². The van der Waals surface area contributed by atoms with Crippen LogP contribution < -0.4 is 4.90 Å². The highest BCUT2D eigenvalue weighted by molar-refractivity contribution is 6.02. The van der Waals surface area contributed by atoms with Crippen LogP contribution in [0.1, 0.15) is 16.4 Å². The molecular weight excluding hydrogens is 253 g/mol. The maximum atomic E-state index is 12.4. The molecule has 1 aromatic heterocycles. The molecule has 2 heterocycles. The zero-order valence-corrected chi connectivity index (χ0v) is 9.58. The van der Waals surface area contributed by atoms with Gasteiger partial charge in [-0.3, -0.25) is 4.79 Å². The van der Waals surface area contributed by atoms with Gasteiger partial charge in [0, 0.05) is 20.0 Å². The molecule has 1 aliphatic rings. The molecule has 8 heteroatoms. The monoisotopic (exact) mass is 264 g/mol. The summed E-state index contributed by atoms with van der Waals surface area (Å²) < 4.78 is 47.4. The van der Waals surface area contributed by atoms with Gasteiger partial charge in [0.1, 0.15) is 0 Å². The number of rotatable bonds is 2. The molecule has 0 N–H and O–H groups in total. The molecule has 5 nitrogen and oxygen atoms in total. The molecule has 2 rings (SSSR count). The minimum Gasteiger partial charge on any atom is -0.425 e. The number of ketones is 1. The molecule has 1 saturated heterocycles. The van der Waals surface area contributed by atoms with E-state index >= 15 is 0 Å². The third-order valence-corrected chi connectivity index (χ3v) is 2.49. The number of hydrogen-bond donors (Lipinski definition) is 0. The van der Waals surface area contributed by atoms with E-state index in [0.29, 0.717) is 26.3 Å². The van der Waals surface area contributed by atoms with Gasteiger partial charge in [-0.05, 0) is 0 Å². The van der Waals surface area contributed by atoms with Gasteiger partial charge in [0.15, 0.2) is 11.6 Å². The number of alkyl halides is 3. The molecule has 0 aliphatic carbocycles. The SMILES string of the molecule is Cc1nc(C(=O)C(F)(F)F)c(N2CCOCC2)o1. The Morgan fingerprint density at radius 3 is 2.50 bits per heavy atom. The van der Waals surface area contributed by atoms with Gasteiger partial charge in [-0.15, -0.1) is 0 Å². The van der Waals surface area contributed by atoms with Crippen molar-refractivity contribution in [1.82, 2.24) is 4.98 Å². The highest BCUT2D eigenvalue weighted by Gasteiger charge is 2.43. The predicted octanol–water partition coefficient (Wildman–Crippen LogP) is 1.56. The van der Waals surface area contributed by atoms with Crippen LogP contribution in [0, 0.1) is 6.92 Å². The zero-order chi connectivity index (χ0) is 13.3. The molecule has 18 heavy (non-hydrogen) atoms. The number of anilines is 1. The molecule has 0 atom stereocenters. The zero-order valence-electron chi connectivity index (χ0n) is 9.58. The summed E-state index contributed by atoms with van der Waals surface area (Å²) in [7, 11) is 0. The van der Waals surface area contributed by atoms with E-state index in [-0.39, 0.29) is 11.8 Å². The van der Waals surface area contributed by atoms with E-state index in [0.717, 1.165) is 0 Å². The van der Waals surface area contributed by atoms with E-state index in [1.807, 2.05) is 0 Å². The van der Waals surface area contributed by atoms with Gasteiger partial charge in [-0.2, -0.15) is 13.2 Å². The second-order valence-corrected chi connectivity index (χ2v) is 3.81. The Morgan fingerprint density at radius 2 is 1.94 bits per heavy atom. The van der Waals surface area contributed by atoms with Crippen molar-refractivity contribution in [2.24, 2.45) is 0 Å². The van der Waals surface area contributed by atoms with Crippen LogP contribution in [0.5, 0.6) is 0 Å². The van der Waals surface area contributed by atoms with Crippen molar-refractivity contribution in [1.29, 1.82) is 0 Å². The molecule has 0 aromatic carbocycles. The molecule has 1 aliphatic heterocycles. The lowest BCUT2D eigenvalue weighted by molar-refractivity contribution is -0.0888. The summed E-state index contributed by atoms with van der Waals surface area (Å²) in [6.45, 7) is 2.88. The molecule has 1 fully saturated rings. The van der Waals surface area contributed by atoms with Crippen molar-refractivity contribution in [3.05, 3.63) is 11.6 Å². The van der Waals surface area contributed by atoms with Crippen molar-refractivity contribution in [3.8, 4) is 0 Å². The third kappa shape index (κ3) is 2.47. The second kappa shape index (κ2) is 4.60. The van der Waals surface area contributed by atoms with Gasteiger partial charge in [0.2, 0.25) is 5.88 Å². The summed E-state index contributed by atoms with van der Waals surface area (Å²) in [5, 5.41) is 0. The van der Waals surface area contributed by atoms with Crippen LogP contribution in [-0.4, -0.2) is 43.2 Å². The smallest absolute Gasteiger partial charge is 0.425 e. The van der Waals surface area contributed by atoms with Crippen molar-refractivity contribution >= 4 is 11.7 Å². The molecular formula is C10H11F3N2O3. The summed E-state index contributed by atoms with van der Waals surface area (Å²) in [4.78, 5) is 16.3. The van der Waals surface area contributed by atoms with Crippen molar-refractivity contribution < 1.29 is 27.1 Å². The highest BCUT2D eigenvalue weighted by Crippen LogP contribution is 2.29. The fourth-order valence-corrected chi connectivity index (χ4v) is 1.68. The van der Waals surface area contributed by atoms with Gasteiger partial charge < -0.3 is 14.1 Å². The van der Waals surface area contributed by atoms with E-state index in [1.54, 1.807) is 0 Å². The first kappa shape index (κ1) is 12.9. The van der Waals surface area contributed by atoms with Crippen molar-refractivity contribution in [2.75, 3.05) is 31.2 Å². The van der Waals surface area contributed by atoms with Crippen molar-refractivity contribution in [3.63, 3.8) is 0 Å². The quantitative estimate of drug-likeness (QED) is 0.759. The molecule has 0 unspecified atom stereocenters. The Morgan fingerprint density at radius 1 is 1.33 bits per heavy atom. The number of nitrogens with zero attached hydrogens (tertiary/aromatic N) is 2. The van der Waals surface area contributed by atoms with Gasteiger partial charge in [-0.25, -0.2) is 4.98 Å². The molecule has 1 aromatic rings. The summed E-state index contributed by atoms with van der Waals surface area (Å²) >= 11 is 0. The van der Waals surface area contributed by atoms with Crippen LogP contribution in [0.15, 0.2) is 4.42 Å². The molecule has 0 bridgehead atoms. The lowest BCUT2D eigenvalue weighted by atomic mass is 10.2. The summed E-state index contributed by atoms with van der Waals surface area (Å²) in [6.07, 6.45) is -4.95. The summed E-state index contributed by atoms with van der Waals surface area (Å²) in [5.41, 5.74) is -0.679. The fraction of sp³-hybridized carbons (Fsp3) is 0.600.